The van der Waals surface area contributed by atoms with Crippen LogP contribution in [0.5, 0.6) is 0 Å². The number of pyridine rings is 1. The normalized spacial score (nSPS) is 15.0. The van der Waals surface area contributed by atoms with Gasteiger partial charge in [-0.25, -0.2) is 4.98 Å². The molecule has 0 saturated carbocycles. The number of rotatable bonds is 3. The van der Waals surface area contributed by atoms with Crippen molar-refractivity contribution in [2.75, 3.05) is 11.1 Å². The van der Waals surface area contributed by atoms with Gasteiger partial charge >= 0.3 is 0 Å². The largest absolute Gasteiger partial charge is 0.399 e. The standard InChI is InChI=1S/C16H19N3/c1-11(13-5-2-6-14(17)10-13)18-16-9-8-12-4-3-7-15(12)19-16/h2,5-6,8-11H,3-4,7,17H2,1H3,(H,18,19). The highest BCUT2D eigenvalue weighted by Gasteiger charge is 2.13. The average Bonchev–Trinajstić information content (AvgIpc) is 2.86. The van der Waals surface area contributed by atoms with Crippen LogP contribution in [0.2, 0.25) is 0 Å². The molecule has 98 valence electrons. The number of hydrogen-bond donors (Lipinski definition) is 2. The van der Waals surface area contributed by atoms with Crippen LogP contribution in [0.25, 0.3) is 0 Å². The van der Waals surface area contributed by atoms with E-state index in [1.54, 1.807) is 0 Å². The Morgan fingerprint density at radius 2 is 2.11 bits per heavy atom. The Hall–Kier alpha value is -2.03. The molecule has 1 aliphatic rings. The van der Waals surface area contributed by atoms with E-state index in [0.717, 1.165) is 17.9 Å². The van der Waals surface area contributed by atoms with E-state index in [1.165, 1.54) is 29.7 Å². The van der Waals surface area contributed by atoms with Gasteiger partial charge in [0.05, 0.1) is 6.04 Å². The lowest BCUT2D eigenvalue weighted by Crippen LogP contribution is -2.09. The number of anilines is 2. The highest BCUT2D eigenvalue weighted by Crippen LogP contribution is 2.24. The molecule has 1 unspecified atom stereocenters. The summed E-state index contributed by atoms with van der Waals surface area (Å²) in [4.78, 5) is 4.70. The van der Waals surface area contributed by atoms with Crippen LogP contribution >= 0.6 is 0 Å². The van der Waals surface area contributed by atoms with Gasteiger partial charge in [0.25, 0.3) is 0 Å². The van der Waals surface area contributed by atoms with Crippen LogP contribution in [0.4, 0.5) is 11.5 Å². The second-order valence-corrected chi connectivity index (χ2v) is 5.19. The summed E-state index contributed by atoms with van der Waals surface area (Å²) in [6.45, 7) is 2.13. The number of benzene rings is 1. The predicted octanol–water partition coefficient (Wildman–Crippen LogP) is 3.33. The van der Waals surface area contributed by atoms with Crippen molar-refractivity contribution in [2.45, 2.75) is 32.2 Å². The summed E-state index contributed by atoms with van der Waals surface area (Å²) in [7, 11) is 0. The molecule has 19 heavy (non-hydrogen) atoms. The molecule has 3 rings (SSSR count). The summed E-state index contributed by atoms with van der Waals surface area (Å²) in [6, 6.07) is 12.5. The minimum absolute atomic E-state index is 0.204. The van der Waals surface area contributed by atoms with E-state index in [4.69, 9.17) is 10.7 Å². The van der Waals surface area contributed by atoms with Gasteiger partial charge in [0.15, 0.2) is 0 Å². The average molecular weight is 253 g/mol. The fraction of sp³-hybridized carbons (Fsp3) is 0.312. The zero-order valence-electron chi connectivity index (χ0n) is 11.2. The number of nitrogens with two attached hydrogens (primary N) is 1. The van der Waals surface area contributed by atoms with Crippen molar-refractivity contribution in [3.8, 4) is 0 Å². The highest BCUT2D eigenvalue weighted by atomic mass is 15.0. The molecule has 3 nitrogen and oxygen atoms in total. The van der Waals surface area contributed by atoms with Crippen molar-refractivity contribution < 1.29 is 0 Å². The molecule has 0 fully saturated rings. The highest BCUT2D eigenvalue weighted by molar-refractivity contribution is 5.46. The Bertz CT molecular complexity index is 592. The molecule has 0 bridgehead atoms. The van der Waals surface area contributed by atoms with Crippen LogP contribution in [0, 0.1) is 0 Å². The molecule has 1 aromatic heterocycles. The maximum absolute atomic E-state index is 5.82. The third-order valence-corrected chi connectivity index (χ3v) is 3.70. The first-order chi connectivity index (χ1) is 9.22. The number of nitrogens with one attached hydrogen (secondary N) is 1. The predicted molar refractivity (Wildman–Crippen MR) is 79.2 cm³/mol. The van der Waals surface area contributed by atoms with Gasteiger partial charge in [-0.15, -0.1) is 0 Å². The topological polar surface area (TPSA) is 50.9 Å². The Labute approximate surface area is 113 Å². The van der Waals surface area contributed by atoms with Gasteiger partial charge < -0.3 is 11.1 Å². The van der Waals surface area contributed by atoms with Gasteiger partial charge in [-0.3, -0.25) is 0 Å². The van der Waals surface area contributed by atoms with Gasteiger partial charge in [0, 0.05) is 11.4 Å². The summed E-state index contributed by atoms with van der Waals surface area (Å²) in [5.74, 6) is 0.954. The first-order valence-corrected chi connectivity index (χ1v) is 6.83. The molecule has 1 aliphatic carbocycles. The third-order valence-electron chi connectivity index (χ3n) is 3.70. The Kier molecular flexibility index (Phi) is 3.11. The van der Waals surface area contributed by atoms with E-state index in [2.05, 4.69) is 30.4 Å². The molecule has 0 saturated heterocycles. The van der Waals surface area contributed by atoms with Crippen LogP contribution in [0.3, 0.4) is 0 Å². The van der Waals surface area contributed by atoms with Crippen LogP contribution in [0.1, 0.15) is 36.2 Å². The minimum Gasteiger partial charge on any atom is -0.399 e. The first kappa shape index (κ1) is 12.0. The zero-order valence-corrected chi connectivity index (χ0v) is 11.2. The third kappa shape index (κ3) is 2.55. The number of nitrogens with zero attached hydrogens (tertiary/aromatic N) is 1. The van der Waals surface area contributed by atoms with Crippen molar-refractivity contribution >= 4 is 11.5 Å². The maximum atomic E-state index is 5.82. The van der Waals surface area contributed by atoms with E-state index in [0.29, 0.717) is 0 Å². The van der Waals surface area contributed by atoms with Crippen molar-refractivity contribution in [1.82, 2.24) is 4.98 Å². The number of fused-ring (bicyclic) bond motifs is 1. The number of hydrogen-bond acceptors (Lipinski definition) is 3. The van der Waals surface area contributed by atoms with Crippen LogP contribution in [-0.4, -0.2) is 4.98 Å². The molecular formula is C16H19N3. The van der Waals surface area contributed by atoms with E-state index in [1.807, 2.05) is 18.2 Å². The van der Waals surface area contributed by atoms with E-state index in [9.17, 15) is 0 Å². The lowest BCUT2D eigenvalue weighted by Gasteiger charge is -2.16. The lowest BCUT2D eigenvalue weighted by atomic mass is 10.1. The number of aryl methyl sites for hydroxylation is 2. The van der Waals surface area contributed by atoms with Crippen molar-refractivity contribution in [2.24, 2.45) is 0 Å². The molecule has 3 heteroatoms. The smallest absolute Gasteiger partial charge is 0.126 e. The summed E-state index contributed by atoms with van der Waals surface area (Å²) in [5.41, 5.74) is 10.5. The van der Waals surface area contributed by atoms with E-state index >= 15 is 0 Å². The van der Waals surface area contributed by atoms with Crippen molar-refractivity contribution in [1.29, 1.82) is 0 Å². The molecule has 0 spiro atoms. The quantitative estimate of drug-likeness (QED) is 0.825. The second-order valence-electron chi connectivity index (χ2n) is 5.19. The number of aromatic nitrogens is 1. The fourth-order valence-electron chi connectivity index (χ4n) is 2.63. The Balaban J connectivity index is 1.77. The second kappa shape index (κ2) is 4.92. The van der Waals surface area contributed by atoms with Gasteiger partial charge in [-0.1, -0.05) is 18.2 Å². The van der Waals surface area contributed by atoms with Crippen molar-refractivity contribution in [3.63, 3.8) is 0 Å². The molecular weight excluding hydrogens is 234 g/mol. The molecule has 1 aromatic carbocycles. The van der Waals surface area contributed by atoms with Gasteiger partial charge in [0.2, 0.25) is 0 Å². The van der Waals surface area contributed by atoms with Gasteiger partial charge in [-0.05, 0) is 55.5 Å². The number of nitrogen functional groups attached to an aromatic ring is 1. The van der Waals surface area contributed by atoms with Crippen LogP contribution in [-0.2, 0) is 12.8 Å². The minimum atomic E-state index is 0.204. The monoisotopic (exact) mass is 253 g/mol. The summed E-state index contributed by atoms with van der Waals surface area (Å²) in [6.07, 6.45) is 3.52. The molecule has 0 radical (unpaired) electrons. The van der Waals surface area contributed by atoms with E-state index in [-0.39, 0.29) is 6.04 Å². The SMILES string of the molecule is CC(Nc1ccc2c(n1)CCC2)c1cccc(N)c1. The molecule has 0 amide bonds. The molecule has 1 heterocycles. The van der Waals surface area contributed by atoms with Crippen molar-refractivity contribution in [3.05, 3.63) is 53.2 Å². The van der Waals surface area contributed by atoms with E-state index < -0.39 is 0 Å². The molecule has 0 aliphatic heterocycles. The lowest BCUT2D eigenvalue weighted by molar-refractivity contribution is 0.866. The first-order valence-electron chi connectivity index (χ1n) is 6.83. The summed E-state index contributed by atoms with van der Waals surface area (Å²) in [5, 5.41) is 3.45. The zero-order chi connectivity index (χ0) is 13.2. The van der Waals surface area contributed by atoms with Crippen LogP contribution in [0.15, 0.2) is 36.4 Å². The van der Waals surface area contributed by atoms with Crippen LogP contribution < -0.4 is 11.1 Å². The Morgan fingerprint density at radius 3 is 2.95 bits per heavy atom. The molecule has 2 aromatic rings. The molecule has 3 N–H and O–H groups in total. The maximum Gasteiger partial charge on any atom is 0.126 e. The summed E-state index contributed by atoms with van der Waals surface area (Å²) < 4.78 is 0. The summed E-state index contributed by atoms with van der Waals surface area (Å²) >= 11 is 0. The van der Waals surface area contributed by atoms with Gasteiger partial charge in [0.1, 0.15) is 5.82 Å². The fourth-order valence-corrected chi connectivity index (χ4v) is 2.63. The Morgan fingerprint density at radius 1 is 1.21 bits per heavy atom. The molecule has 1 atom stereocenters. The van der Waals surface area contributed by atoms with Gasteiger partial charge in [-0.2, -0.15) is 0 Å².